The van der Waals surface area contributed by atoms with Crippen LogP contribution in [-0.2, 0) is 22.4 Å². The summed E-state index contributed by atoms with van der Waals surface area (Å²) in [5.41, 5.74) is 3.27. The minimum Gasteiger partial charge on any atom is -0.449 e. The van der Waals surface area contributed by atoms with Gasteiger partial charge in [-0.15, -0.1) is 0 Å². The van der Waals surface area contributed by atoms with Crippen molar-refractivity contribution in [2.24, 2.45) is 0 Å². The summed E-state index contributed by atoms with van der Waals surface area (Å²) in [6, 6.07) is 9.45. The third kappa shape index (κ3) is 4.31. The van der Waals surface area contributed by atoms with Gasteiger partial charge in [-0.05, 0) is 58.1 Å². The van der Waals surface area contributed by atoms with Crippen LogP contribution in [-0.4, -0.2) is 32.7 Å². The van der Waals surface area contributed by atoms with Crippen LogP contribution >= 0.6 is 0 Å². The first-order valence-electron chi connectivity index (χ1n) is 10.9. The van der Waals surface area contributed by atoms with E-state index in [-0.39, 0.29) is 11.9 Å². The van der Waals surface area contributed by atoms with Crippen molar-refractivity contribution in [3.8, 4) is 0 Å². The number of aryl methyl sites for hydroxylation is 1. The molecular weight excluding hydrogens is 392 g/mol. The molecule has 162 valence electrons. The Morgan fingerprint density at radius 1 is 1.06 bits per heavy atom. The Bertz CT molecular complexity index is 1120. The zero-order valence-corrected chi connectivity index (χ0v) is 18.2. The molecule has 1 aliphatic carbocycles. The Balaban J connectivity index is 1.60. The molecular formula is C24H28N4O3. The summed E-state index contributed by atoms with van der Waals surface area (Å²) >= 11 is 0. The fourth-order valence-corrected chi connectivity index (χ4v) is 4.11. The Morgan fingerprint density at radius 3 is 2.65 bits per heavy atom. The lowest BCUT2D eigenvalue weighted by atomic mass is 9.97. The van der Waals surface area contributed by atoms with Gasteiger partial charge in [0.05, 0.1) is 17.3 Å². The Kier molecular flexibility index (Phi) is 6.02. The zero-order chi connectivity index (χ0) is 22.0. The summed E-state index contributed by atoms with van der Waals surface area (Å²) in [6.45, 7) is 5.55. The summed E-state index contributed by atoms with van der Waals surface area (Å²) in [7, 11) is 0. The predicted molar refractivity (Wildman–Crippen MR) is 119 cm³/mol. The second kappa shape index (κ2) is 8.88. The summed E-state index contributed by atoms with van der Waals surface area (Å²) in [4.78, 5) is 30.8. The molecule has 2 aromatic heterocycles. The lowest BCUT2D eigenvalue weighted by Crippen LogP contribution is -2.31. The largest absolute Gasteiger partial charge is 0.449 e. The highest BCUT2D eigenvalue weighted by atomic mass is 16.5. The molecule has 2 heterocycles. The van der Waals surface area contributed by atoms with Gasteiger partial charge < -0.3 is 10.1 Å². The molecule has 1 atom stereocenters. The van der Waals surface area contributed by atoms with Gasteiger partial charge in [0.25, 0.3) is 5.91 Å². The number of nitrogens with zero attached hydrogens (tertiary/aromatic N) is 3. The van der Waals surface area contributed by atoms with E-state index in [1.165, 1.54) is 0 Å². The van der Waals surface area contributed by atoms with Gasteiger partial charge in [0, 0.05) is 23.2 Å². The van der Waals surface area contributed by atoms with Crippen LogP contribution < -0.4 is 5.32 Å². The molecule has 4 rings (SSSR count). The molecule has 31 heavy (non-hydrogen) atoms. The molecule has 0 unspecified atom stereocenters. The molecule has 1 amide bonds. The van der Waals surface area contributed by atoms with Gasteiger partial charge in [-0.1, -0.05) is 24.6 Å². The topological polar surface area (TPSA) is 86.1 Å². The first-order chi connectivity index (χ1) is 15.0. The minimum atomic E-state index is -0.948. The number of pyridine rings is 1. The van der Waals surface area contributed by atoms with Gasteiger partial charge in [0.15, 0.2) is 6.10 Å². The van der Waals surface area contributed by atoms with E-state index in [0.717, 1.165) is 54.3 Å². The van der Waals surface area contributed by atoms with Gasteiger partial charge in [-0.25, -0.2) is 9.48 Å². The average Bonchev–Trinajstić information content (AvgIpc) is 3.09. The maximum Gasteiger partial charge on any atom is 0.339 e. The lowest BCUT2D eigenvalue weighted by molar-refractivity contribution is -0.123. The maximum atomic E-state index is 13.3. The first-order valence-corrected chi connectivity index (χ1v) is 10.9. The number of rotatable bonds is 5. The molecule has 0 aliphatic heterocycles. The molecule has 0 radical (unpaired) electrons. The number of hydrogen-bond donors (Lipinski definition) is 1. The van der Waals surface area contributed by atoms with Crippen LogP contribution in [0.5, 0.6) is 0 Å². The highest BCUT2D eigenvalue weighted by Gasteiger charge is 2.26. The zero-order valence-electron chi connectivity index (χ0n) is 18.2. The van der Waals surface area contributed by atoms with Gasteiger partial charge in [0.1, 0.15) is 5.82 Å². The monoisotopic (exact) mass is 420 g/mol. The van der Waals surface area contributed by atoms with E-state index in [0.29, 0.717) is 11.4 Å². The van der Waals surface area contributed by atoms with Crippen molar-refractivity contribution in [3.63, 3.8) is 0 Å². The normalized spacial score (nSPS) is 14.7. The van der Waals surface area contributed by atoms with Gasteiger partial charge in [-0.3, -0.25) is 9.78 Å². The molecule has 0 fully saturated rings. The number of aromatic nitrogens is 3. The second-order valence-electron chi connectivity index (χ2n) is 8.28. The quantitative estimate of drug-likeness (QED) is 0.486. The Labute approximate surface area is 181 Å². The van der Waals surface area contributed by atoms with E-state index in [9.17, 15) is 9.59 Å². The van der Waals surface area contributed by atoms with Gasteiger partial charge >= 0.3 is 5.97 Å². The molecule has 7 nitrogen and oxygen atoms in total. The van der Waals surface area contributed by atoms with Crippen molar-refractivity contribution < 1.29 is 14.3 Å². The molecule has 0 bridgehead atoms. The van der Waals surface area contributed by atoms with E-state index in [1.807, 2.05) is 38.1 Å². The fraction of sp³-hybridized carbons (Fsp3) is 0.417. The van der Waals surface area contributed by atoms with E-state index in [2.05, 4.69) is 10.4 Å². The number of carbonyl (C=O) groups excluding carboxylic acids is 2. The van der Waals surface area contributed by atoms with Crippen LogP contribution in [0.2, 0.25) is 0 Å². The number of hydrogen-bond acceptors (Lipinski definition) is 5. The van der Waals surface area contributed by atoms with Crippen LogP contribution in [0.3, 0.4) is 0 Å². The van der Waals surface area contributed by atoms with Gasteiger partial charge in [-0.2, -0.15) is 5.10 Å². The first kappa shape index (κ1) is 21.0. The number of fused-ring (bicyclic) bond motifs is 2. The highest BCUT2D eigenvalue weighted by Crippen LogP contribution is 2.29. The Morgan fingerprint density at radius 2 is 1.84 bits per heavy atom. The molecule has 7 heteroatoms. The van der Waals surface area contributed by atoms with E-state index >= 15 is 0 Å². The molecule has 3 aromatic rings. The van der Waals surface area contributed by atoms with E-state index in [1.54, 1.807) is 23.9 Å². The summed E-state index contributed by atoms with van der Waals surface area (Å²) in [6.07, 6.45) is 5.53. The van der Waals surface area contributed by atoms with Crippen molar-refractivity contribution >= 4 is 28.6 Å². The number of ether oxygens (including phenoxy) is 1. The van der Waals surface area contributed by atoms with Crippen LogP contribution in [0.25, 0.3) is 10.9 Å². The smallest absolute Gasteiger partial charge is 0.339 e. The van der Waals surface area contributed by atoms with Crippen LogP contribution in [0, 0.1) is 0 Å². The SMILES string of the molecule is CC(C)n1nccc1NC(=O)[C@H](C)OC(=O)c1c2c(nc3ccccc13)CCCCC2. The molecule has 1 N–H and O–H groups in total. The third-order valence-corrected chi connectivity index (χ3v) is 5.69. The number of esters is 1. The number of anilines is 1. The van der Waals surface area contributed by atoms with Crippen LogP contribution in [0.4, 0.5) is 5.82 Å². The minimum absolute atomic E-state index is 0.0989. The lowest BCUT2D eigenvalue weighted by Gasteiger charge is -2.18. The maximum absolute atomic E-state index is 13.3. The predicted octanol–water partition coefficient (Wildman–Crippen LogP) is 4.47. The van der Waals surface area contributed by atoms with Crippen molar-refractivity contribution in [3.05, 3.63) is 53.3 Å². The van der Waals surface area contributed by atoms with E-state index in [4.69, 9.17) is 9.72 Å². The van der Waals surface area contributed by atoms with Crippen LogP contribution in [0.1, 0.15) is 67.7 Å². The molecule has 0 spiro atoms. The summed E-state index contributed by atoms with van der Waals surface area (Å²) in [5, 5.41) is 7.80. The van der Waals surface area contributed by atoms with Gasteiger partial charge in [0.2, 0.25) is 0 Å². The summed E-state index contributed by atoms with van der Waals surface area (Å²) in [5.74, 6) is -0.289. The van der Waals surface area contributed by atoms with Crippen molar-refractivity contribution in [2.45, 2.75) is 65.0 Å². The Hall–Kier alpha value is -3.22. The average molecular weight is 421 g/mol. The van der Waals surface area contributed by atoms with Crippen molar-refractivity contribution in [2.75, 3.05) is 5.32 Å². The highest BCUT2D eigenvalue weighted by molar-refractivity contribution is 6.06. The molecule has 0 saturated heterocycles. The molecule has 0 saturated carbocycles. The standard InChI is InChI=1S/C24H28N4O3/c1-15(2)28-21(13-14-25-28)27-23(29)16(3)31-24(30)22-17-9-5-4-6-11-19(17)26-20-12-8-7-10-18(20)22/h7-8,10,12-16H,4-6,9,11H2,1-3H3,(H,27,29)/t16-/m0/s1. The third-order valence-electron chi connectivity index (χ3n) is 5.69. The summed E-state index contributed by atoms with van der Waals surface area (Å²) < 4.78 is 7.36. The molecule has 1 aliphatic rings. The van der Waals surface area contributed by atoms with Crippen molar-refractivity contribution in [1.82, 2.24) is 14.8 Å². The number of nitrogens with one attached hydrogen (secondary N) is 1. The van der Waals surface area contributed by atoms with Crippen molar-refractivity contribution in [1.29, 1.82) is 0 Å². The number of amides is 1. The number of carbonyl (C=O) groups is 2. The fourth-order valence-electron chi connectivity index (χ4n) is 4.11. The van der Waals surface area contributed by atoms with E-state index < -0.39 is 12.1 Å². The number of para-hydroxylation sites is 1. The number of benzene rings is 1. The van der Waals surface area contributed by atoms with Crippen LogP contribution in [0.15, 0.2) is 36.5 Å². The second-order valence-corrected chi connectivity index (χ2v) is 8.28. The molecule has 1 aromatic carbocycles.